The second-order valence-corrected chi connectivity index (χ2v) is 8.31. The van der Waals surface area contributed by atoms with Gasteiger partial charge in [0, 0.05) is 31.1 Å². The zero-order chi connectivity index (χ0) is 18.3. The van der Waals surface area contributed by atoms with Crippen LogP contribution in [0.2, 0.25) is 0 Å². The van der Waals surface area contributed by atoms with E-state index in [-0.39, 0.29) is 42.4 Å². The molecule has 0 aromatic carbocycles. The maximum atomic E-state index is 13.2. The van der Waals surface area contributed by atoms with Crippen LogP contribution in [-0.4, -0.2) is 65.2 Å². The number of nitrogens with zero attached hydrogens (tertiary/aromatic N) is 3. The van der Waals surface area contributed by atoms with Crippen molar-refractivity contribution in [1.82, 2.24) is 9.31 Å². The highest BCUT2D eigenvalue weighted by atomic mass is 32.2. The summed E-state index contributed by atoms with van der Waals surface area (Å²) in [6.45, 7) is 2.93. The average molecular weight is 371 g/mol. The summed E-state index contributed by atoms with van der Waals surface area (Å²) in [5, 5.41) is 13.6. The molecule has 138 valence electrons. The van der Waals surface area contributed by atoms with Crippen LogP contribution in [-0.2, 0) is 14.8 Å². The second kappa shape index (κ2) is 6.26. The minimum Gasteiger partial charge on any atom is -0.362 e. The molecule has 2 aliphatic heterocycles. The zero-order valence-corrected chi connectivity index (χ0v) is 14.2. The van der Waals surface area contributed by atoms with Crippen molar-refractivity contribution in [3.05, 3.63) is 0 Å². The molecule has 7 nitrogen and oxygen atoms in total. The van der Waals surface area contributed by atoms with Gasteiger partial charge in [0.1, 0.15) is 0 Å². The Kier molecular flexibility index (Phi) is 4.99. The normalized spacial score (nSPS) is 27.4. The number of halogens is 3. The van der Waals surface area contributed by atoms with E-state index in [1.54, 1.807) is 0 Å². The van der Waals surface area contributed by atoms with Gasteiger partial charge in [0.2, 0.25) is 15.9 Å². The van der Waals surface area contributed by atoms with Crippen molar-refractivity contribution < 1.29 is 31.5 Å². The van der Waals surface area contributed by atoms with Crippen LogP contribution >= 0.6 is 0 Å². The van der Waals surface area contributed by atoms with Crippen LogP contribution in [0.15, 0.2) is 5.10 Å². The van der Waals surface area contributed by atoms with Gasteiger partial charge in [-0.15, -0.1) is 0 Å². The van der Waals surface area contributed by atoms with Gasteiger partial charge in [0.25, 0.3) is 5.72 Å². The maximum Gasteiger partial charge on any atom is 0.438 e. The first-order valence-corrected chi connectivity index (χ1v) is 9.18. The van der Waals surface area contributed by atoms with Crippen molar-refractivity contribution in [1.29, 1.82) is 0 Å². The molecule has 1 amide bonds. The number of carbonyl (C=O) groups excluding carboxylic acids is 1. The number of hydrogen-bond donors (Lipinski definition) is 1. The van der Waals surface area contributed by atoms with Gasteiger partial charge < -0.3 is 5.11 Å². The van der Waals surface area contributed by atoms with Gasteiger partial charge in [-0.2, -0.15) is 23.3 Å². The standard InChI is InChI=1S/C13H20F3N3O4S/c1-3-24(22,23)18-6-4-10(5-7-18)11(20)19-12(21,13(14,15)16)8-9(2)17-19/h10,21H,3-8H2,1-2H3/t12-/m0/s1. The Hall–Kier alpha value is -1.20. The Balaban J connectivity index is 2.13. The van der Waals surface area contributed by atoms with Crippen molar-refractivity contribution in [2.75, 3.05) is 18.8 Å². The van der Waals surface area contributed by atoms with Crippen LogP contribution in [0.5, 0.6) is 0 Å². The molecule has 0 radical (unpaired) electrons. The van der Waals surface area contributed by atoms with E-state index < -0.39 is 40.2 Å². The lowest BCUT2D eigenvalue weighted by atomic mass is 9.95. The molecule has 2 aliphatic rings. The molecule has 0 bridgehead atoms. The zero-order valence-electron chi connectivity index (χ0n) is 13.4. The van der Waals surface area contributed by atoms with E-state index in [0.29, 0.717) is 0 Å². The van der Waals surface area contributed by atoms with E-state index in [2.05, 4.69) is 5.10 Å². The molecule has 1 fully saturated rings. The predicted molar refractivity (Wildman–Crippen MR) is 79.3 cm³/mol. The Morgan fingerprint density at radius 3 is 2.38 bits per heavy atom. The molecule has 0 unspecified atom stereocenters. The first-order valence-electron chi connectivity index (χ1n) is 7.57. The third kappa shape index (κ3) is 3.29. The van der Waals surface area contributed by atoms with Gasteiger partial charge in [-0.05, 0) is 26.7 Å². The maximum absolute atomic E-state index is 13.2. The summed E-state index contributed by atoms with van der Waals surface area (Å²) in [6.07, 6.45) is -5.63. The summed E-state index contributed by atoms with van der Waals surface area (Å²) in [4.78, 5) is 12.4. The number of piperidine rings is 1. The van der Waals surface area contributed by atoms with E-state index in [4.69, 9.17) is 0 Å². The van der Waals surface area contributed by atoms with Gasteiger partial charge in [0.05, 0.1) is 5.75 Å². The topological polar surface area (TPSA) is 90.3 Å². The smallest absolute Gasteiger partial charge is 0.362 e. The largest absolute Gasteiger partial charge is 0.438 e. The third-order valence-corrected chi connectivity index (χ3v) is 6.23. The van der Waals surface area contributed by atoms with Crippen molar-refractivity contribution in [3.63, 3.8) is 0 Å². The van der Waals surface area contributed by atoms with Gasteiger partial charge in [-0.25, -0.2) is 12.7 Å². The summed E-state index contributed by atoms with van der Waals surface area (Å²) in [6, 6.07) is 0. The SMILES string of the molecule is CCS(=O)(=O)N1CCC(C(=O)N2N=C(C)C[C@]2(O)C(F)(F)F)CC1. The molecule has 0 aliphatic carbocycles. The van der Waals surface area contributed by atoms with Crippen LogP contribution in [0.4, 0.5) is 13.2 Å². The van der Waals surface area contributed by atoms with Crippen molar-refractivity contribution in [2.24, 2.45) is 11.0 Å². The monoisotopic (exact) mass is 371 g/mol. The number of rotatable bonds is 3. The molecule has 1 N–H and O–H groups in total. The van der Waals surface area contributed by atoms with Crippen LogP contribution < -0.4 is 0 Å². The number of amides is 1. The van der Waals surface area contributed by atoms with E-state index in [1.807, 2.05) is 0 Å². The molecule has 2 rings (SSSR count). The van der Waals surface area contributed by atoms with E-state index in [0.717, 1.165) is 0 Å². The molecule has 0 saturated carbocycles. The van der Waals surface area contributed by atoms with Crippen molar-refractivity contribution in [3.8, 4) is 0 Å². The Morgan fingerprint density at radius 2 is 1.92 bits per heavy atom. The average Bonchev–Trinajstić information content (AvgIpc) is 2.82. The fraction of sp³-hybridized carbons (Fsp3) is 0.846. The molecule has 1 atom stereocenters. The Labute approximate surface area is 138 Å². The highest BCUT2D eigenvalue weighted by molar-refractivity contribution is 7.89. The fourth-order valence-corrected chi connectivity index (χ4v) is 4.04. The molecule has 11 heteroatoms. The number of sulfonamides is 1. The fourth-order valence-electron chi connectivity index (χ4n) is 2.91. The van der Waals surface area contributed by atoms with Crippen LogP contribution in [0.25, 0.3) is 0 Å². The third-order valence-electron chi connectivity index (χ3n) is 4.35. The van der Waals surface area contributed by atoms with Gasteiger partial charge in [-0.3, -0.25) is 4.79 Å². The lowest BCUT2D eigenvalue weighted by Gasteiger charge is -2.36. The summed E-state index contributed by atoms with van der Waals surface area (Å²) in [5.41, 5.74) is -3.32. The van der Waals surface area contributed by atoms with Gasteiger partial charge in [0.15, 0.2) is 0 Å². The number of hydrazone groups is 1. The highest BCUT2D eigenvalue weighted by Gasteiger charge is 2.63. The van der Waals surface area contributed by atoms with Gasteiger partial charge in [-0.1, -0.05) is 0 Å². The summed E-state index contributed by atoms with van der Waals surface area (Å²) < 4.78 is 64.3. The van der Waals surface area contributed by atoms with E-state index >= 15 is 0 Å². The van der Waals surface area contributed by atoms with Gasteiger partial charge >= 0.3 is 6.18 Å². The summed E-state index contributed by atoms with van der Waals surface area (Å²) in [7, 11) is -3.39. The minimum atomic E-state index is -5.03. The molecule has 24 heavy (non-hydrogen) atoms. The van der Waals surface area contributed by atoms with Crippen molar-refractivity contribution >= 4 is 21.6 Å². The molecular formula is C13H20F3N3O4S. The van der Waals surface area contributed by atoms with Crippen molar-refractivity contribution in [2.45, 2.75) is 45.0 Å². The molecule has 0 spiro atoms. The van der Waals surface area contributed by atoms with Crippen LogP contribution in [0, 0.1) is 5.92 Å². The van der Waals surface area contributed by atoms with E-state index in [1.165, 1.54) is 18.2 Å². The number of alkyl halides is 3. The number of aliphatic hydroxyl groups is 1. The molecule has 0 aromatic rings. The molecular weight excluding hydrogens is 351 g/mol. The second-order valence-electron chi connectivity index (χ2n) is 6.05. The first kappa shape index (κ1) is 19.1. The Bertz CT molecular complexity index is 641. The Morgan fingerprint density at radius 1 is 1.38 bits per heavy atom. The summed E-state index contributed by atoms with van der Waals surface area (Å²) in [5.74, 6) is -1.81. The molecule has 2 heterocycles. The van der Waals surface area contributed by atoms with E-state index in [9.17, 15) is 31.5 Å². The quantitative estimate of drug-likeness (QED) is 0.798. The van der Waals surface area contributed by atoms with Crippen LogP contribution in [0.3, 0.4) is 0 Å². The molecule has 0 aromatic heterocycles. The molecule has 1 saturated heterocycles. The predicted octanol–water partition coefficient (Wildman–Crippen LogP) is 0.907. The number of carbonyl (C=O) groups is 1. The summed E-state index contributed by atoms with van der Waals surface area (Å²) >= 11 is 0. The lowest BCUT2D eigenvalue weighted by Crippen LogP contribution is -2.58. The lowest BCUT2D eigenvalue weighted by molar-refractivity contribution is -0.303. The highest BCUT2D eigenvalue weighted by Crippen LogP contribution is 2.41. The minimum absolute atomic E-state index is 0.00849. The van der Waals surface area contributed by atoms with Crippen LogP contribution in [0.1, 0.15) is 33.1 Å². The number of hydrogen-bond acceptors (Lipinski definition) is 5. The first-order chi connectivity index (χ1) is 10.9.